The zero-order valence-electron chi connectivity index (χ0n) is 11.3. The summed E-state index contributed by atoms with van der Waals surface area (Å²) in [7, 11) is 1.97. The summed E-state index contributed by atoms with van der Waals surface area (Å²) in [5.41, 5.74) is 0. The van der Waals surface area contributed by atoms with Gasteiger partial charge in [0.15, 0.2) is 0 Å². The first-order chi connectivity index (χ1) is 8.70. The van der Waals surface area contributed by atoms with Gasteiger partial charge in [0.05, 0.1) is 11.6 Å². The topological polar surface area (TPSA) is 52.7 Å². The minimum Gasteiger partial charge on any atom is -0.341 e. The molecule has 2 aliphatic heterocycles. The van der Waals surface area contributed by atoms with Crippen LogP contribution in [0.1, 0.15) is 12.8 Å². The van der Waals surface area contributed by atoms with Gasteiger partial charge >= 0.3 is 0 Å². The van der Waals surface area contributed by atoms with E-state index in [2.05, 4.69) is 5.32 Å². The largest absolute Gasteiger partial charge is 0.341 e. The zero-order chi connectivity index (χ0) is 13.0. The molecule has 0 aromatic rings. The van der Waals surface area contributed by atoms with Crippen molar-refractivity contribution < 1.29 is 9.59 Å². The summed E-state index contributed by atoms with van der Waals surface area (Å²) >= 11 is 1.58. The maximum absolute atomic E-state index is 12.1. The van der Waals surface area contributed by atoms with Gasteiger partial charge in [-0.2, -0.15) is 0 Å². The van der Waals surface area contributed by atoms with E-state index in [0.29, 0.717) is 17.5 Å². The van der Waals surface area contributed by atoms with Crippen LogP contribution in [-0.2, 0) is 9.59 Å². The lowest BCUT2D eigenvalue weighted by Crippen LogP contribution is -2.45. The molecule has 0 radical (unpaired) electrons. The molecule has 2 fully saturated rings. The van der Waals surface area contributed by atoms with Crippen molar-refractivity contribution >= 4 is 36.0 Å². The number of halogens is 1. The van der Waals surface area contributed by atoms with Gasteiger partial charge < -0.3 is 15.1 Å². The normalized spacial score (nSPS) is 20.6. The zero-order valence-corrected chi connectivity index (χ0v) is 12.9. The van der Waals surface area contributed by atoms with Crippen molar-refractivity contribution in [1.82, 2.24) is 15.1 Å². The van der Waals surface area contributed by atoms with Crippen molar-refractivity contribution in [2.75, 3.05) is 44.9 Å². The van der Waals surface area contributed by atoms with Crippen LogP contribution in [0.3, 0.4) is 0 Å². The summed E-state index contributed by atoms with van der Waals surface area (Å²) in [4.78, 5) is 27.1. The Morgan fingerprint density at radius 2 is 2.11 bits per heavy atom. The molecule has 1 N–H and O–H groups in total. The van der Waals surface area contributed by atoms with Crippen molar-refractivity contribution in [3.63, 3.8) is 0 Å². The van der Waals surface area contributed by atoms with Gasteiger partial charge in [0, 0.05) is 13.1 Å². The Hall–Kier alpha value is -0.460. The maximum Gasteiger partial charge on any atom is 0.242 e. The van der Waals surface area contributed by atoms with E-state index in [9.17, 15) is 9.59 Å². The van der Waals surface area contributed by atoms with Crippen LogP contribution in [0.15, 0.2) is 0 Å². The molecular formula is C12H22ClN3O2S. The monoisotopic (exact) mass is 307 g/mol. The third kappa shape index (κ3) is 4.54. The SMILES string of the molecule is CNCC1CCN(C(=O)CN2CSCC2=O)CC1.Cl. The molecule has 19 heavy (non-hydrogen) atoms. The Labute approximate surface area is 124 Å². The maximum atomic E-state index is 12.1. The fraction of sp³-hybridized carbons (Fsp3) is 0.833. The lowest BCUT2D eigenvalue weighted by Gasteiger charge is -2.32. The molecule has 0 spiro atoms. The highest BCUT2D eigenvalue weighted by Crippen LogP contribution is 2.18. The smallest absolute Gasteiger partial charge is 0.242 e. The summed E-state index contributed by atoms with van der Waals surface area (Å²) < 4.78 is 0. The molecule has 2 aliphatic rings. The standard InChI is InChI=1S/C12H21N3O2S.ClH/c1-13-6-10-2-4-14(5-3-10)11(16)7-15-9-18-8-12(15)17;/h10,13H,2-9H2,1H3;1H. The van der Waals surface area contributed by atoms with Crippen LogP contribution in [-0.4, -0.2) is 66.5 Å². The van der Waals surface area contributed by atoms with E-state index in [1.165, 1.54) is 0 Å². The Morgan fingerprint density at radius 3 is 2.63 bits per heavy atom. The van der Waals surface area contributed by atoms with E-state index in [-0.39, 0.29) is 30.8 Å². The van der Waals surface area contributed by atoms with E-state index in [4.69, 9.17) is 0 Å². The van der Waals surface area contributed by atoms with E-state index in [1.807, 2.05) is 11.9 Å². The second-order valence-electron chi connectivity index (χ2n) is 4.95. The lowest BCUT2D eigenvalue weighted by atomic mass is 9.97. The first kappa shape index (κ1) is 16.6. The average Bonchev–Trinajstić information content (AvgIpc) is 2.76. The van der Waals surface area contributed by atoms with E-state index in [0.717, 1.165) is 32.5 Å². The number of likely N-dealkylation sites (tertiary alicyclic amines) is 1. The van der Waals surface area contributed by atoms with Gasteiger partial charge in [-0.1, -0.05) is 0 Å². The van der Waals surface area contributed by atoms with Gasteiger partial charge in [0.25, 0.3) is 0 Å². The first-order valence-electron chi connectivity index (χ1n) is 6.48. The number of piperidine rings is 1. The predicted molar refractivity (Wildman–Crippen MR) is 79.5 cm³/mol. The second kappa shape index (κ2) is 7.97. The van der Waals surface area contributed by atoms with E-state index < -0.39 is 0 Å². The lowest BCUT2D eigenvalue weighted by molar-refractivity contribution is -0.138. The molecule has 0 aromatic carbocycles. The minimum atomic E-state index is 0. The molecule has 0 saturated carbocycles. The molecule has 0 aliphatic carbocycles. The van der Waals surface area contributed by atoms with Gasteiger partial charge in [-0.3, -0.25) is 9.59 Å². The summed E-state index contributed by atoms with van der Waals surface area (Å²) in [6, 6.07) is 0. The molecule has 0 atom stereocenters. The van der Waals surface area contributed by atoms with Crippen LogP contribution in [0.5, 0.6) is 0 Å². The van der Waals surface area contributed by atoms with E-state index in [1.54, 1.807) is 16.7 Å². The third-order valence-corrected chi connectivity index (χ3v) is 4.56. The molecule has 0 bridgehead atoms. The van der Waals surface area contributed by atoms with Crippen molar-refractivity contribution in [3.05, 3.63) is 0 Å². The summed E-state index contributed by atoms with van der Waals surface area (Å²) in [5.74, 6) is 2.08. The molecule has 2 rings (SSSR count). The molecule has 2 amide bonds. The average molecular weight is 308 g/mol. The predicted octanol–water partition coefficient (Wildman–Crippen LogP) is 0.399. The summed E-state index contributed by atoms with van der Waals surface area (Å²) in [5, 5.41) is 3.19. The molecule has 2 saturated heterocycles. The molecule has 2 heterocycles. The number of nitrogens with one attached hydrogen (secondary N) is 1. The van der Waals surface area contributed by atoms with Crippen molar-refractivity contribution in [3.8, 4) is 0 Å². The number of nitrogens with zero attached hydrogens (tertiary/aromatic N) is 2. The fourth-order valence-corrected chi connectivity index (χ4v) is 3.38. The number of thioether (sulfide) groups is 1. The fourth-order valence-electron chi connectivity index (χ4n) is 2.48. The van der Waals surface area contributed by atoms with Gasteiger partial charge in [-0.15, -0.1) is 24.2 Å². The van der Waals surface area contributed by atoms with Crippen LogP contribution < -0.4 is 5.32 Å². The van der Waals surface area contributed by atoms with Gasteiger partial charge in [0.2, 0.25) is 11.8 Å². The van der Waals surface area contributed by atoms with Crippen molar-refractivity contribution in [2.45, 2.75) is 12.8 Å². The number of amides is 2. The second-order valence-corrected chi connectivity index (χ2v) is 5.91. The van der Waals surface area contributed by atoms with Crippen LogP contribution in [0, 0.1) is 5.92 Å². The van der Waals surface area contributed by atoms with Gasteiger partial charge in [0.1, 0.15) is 6.54 Å². The van der Waals surface area contributed by atoms with Gasteiger partial charge in [-0.05, 0) is 32.4 Å². The van der Waals surface area contributed by atoms with Gasteiger partial charge in [-0.25, -0.2) is 0 Å². The Kier molecular flexibility index (Phi) is 6.96. The first-order valence-corrected chi connectivity index (χ1v) is 7.64. The quantitative estimate of drug-likeness (QED) is 0.817. The Balaban J connectivity index is 0.00000180. The number of hydrogen-bond donors (Lipinski definition) is 1. The third-order valence-electron chi connectivity index (χ3n) is 3.61. The van der Waals surface area contributed by atoms with Crippen molar-refractivity contribution in [2.24, 2.45) is 5.92 Å². The Bertz CT molecular complexity index is 322. The number of rotatable bonds is 4. The van der Waals surface area contributed by atoms with Crippen LogP contribution in [0.4, 0.5) is 0 Å². The number of hydrogen-bond acceptors (Lipinski definition) is 4. The molecule has 0 unspecified atom stereocenters. The number of carbonyl (C=O) groups is 2. The van der Waals surface area contributed by atoms with Crippen LogP contribution in [0.25, 0.3) is 0 Å². The highest BCUT2D eigenvalue weighted by molar-refractivity contribution is 8.00. The Morgan fingerprint density at radius 1 is 1.42 bits per heavy atom. The molecular weight excluding hydrogens is 286 g/mol. The summed E-state index contributed by atoms with van der Waals surface area (Å²) in [6.07, 6.45) is 2.13. The van der Waals surface area contributed by atoms with Crippen molar-refractivity contribution in [1.29, 1.82) is 0 Å². The highest BCUT2D eigenvalue weighted by atomic mass is 35.5. The van der Waals surface area contributed by atoms with Crippen LogP contribution in [0.2, 0.25) is 0 Å². The van der Waals surface area contributed by atoms with Crippen LogP contribution >= 0.6 is 24.2 Å². The summed E-state index contributed by atoms with van der Waals surface area (Å²) in [6.45, 7) is 2.96. The minimum absolute atomic E-state index is 0. The molecule has 5 nitrogen and oxygen atoms in total. The van der Waals surface area contributed by atoms with E-state index >= 15 is 0 Å². The molecule has 110 valence electrons. The highest BCUT2D eigenvalue weighted by Gasteiger charge is 2.27. The number of carbonyl (C=O) groups excluding carboxylic acids is 2. The molecule has 7 heteroatoms. The molecule has 0 aromatic heterocycles.